The van der Waals surface area contributed by atoms with Crippen molar-refractivity contribution >= 4 is 5.91 Å². The Kier molecular flexibility index (Phi) is 3.74. The lowest BCUT2D eigenvalue weighted by Crippen LogP contribution is -2.41. The zero-order valence-corrected chi connectivity index (χ0v) is 11.8. The van der Waals surface area contributed by atoms with Gasteiger partial charge in [0, 0.05) is 18.5 Å². The molecule has 0 saturated heterocycles. The lowest BCUT2D eigenvalue weighted by molar-refractivity contribution is 0.0783. The molecule has 112 valence electrons. The van der Waals surface area contributed by atoms with Crippen molar-refractivity contribution < 1.29 is 14.4 Å². The number of aliphatic hydroxyl groups is 1. The van der Waals surface area contributed by atoms with E-state index in [1.807, 2.05) is 17.7 Å². The van der Waals surface area contributed by atoms with Crippen molar-refractivity contribution in [2.45, 2.75) is 44.4 Å². The second-order valence-electron chi connectivity index (χ2n) is 5.26. The van der Waals surface area contributed by atoms with Gasteiger partial charge in [-0.2, -0.15) is 0 Å². The number of amides is 1. The summed E-state index contributed by atoms with van der Waals surface area (Å²) in [4.78, 5) is 16.1. The monoisotopic (exact) mass is 290 g/mol. The van der Waals surface area contributed by atoms with Gasteiger partial charge in [0.05, 0.1) is 30.2 Å². The Balaban J connectivity index is 1.64. The molecule has 2 N–H and O–H groups in total. The van der Waals surface area contributed by atoms with Crippen molar-refractivity contribution in [3.63, 3.8) is 0 Å². The minimum absolute atomic E-state index is 0.0567. The van der Waals surface area contributed by atoms with Crippen LogP contribution in [0.4, 0.5) is 0 Å². The molecule has 7 nitrogen and oxygen atoms in total. The summed E-state index contributed by atoms with van der Waals surface area (Å²) in [7, 11) is 0. The number of rotatable bonds is 4. The summed E-state index contributed by atoms with van der Waals surface area (Å²) < 4.78 is 6.88. The van der Waals surface area contributed by atoms with Crippen LogP contribution in [-0.2, 0) is 6.42 Å². The van der Waals surface area contributed by atoms with Gasteiger partial charge in [-0.25, -0.2) is 4.98 Å². The summed E-state index contributed by atoms with van der Waals surface area (Å²) in [5, 5.41) is 17.0. The maximum absolute atomic E-state index is 12.1. The minimum atomic E-state index is -0.642. The fourth-order valence-electron chi connectivity index (χ4n) is 2.73. The molecule has 2 heterocycles. The second kappa shape index (κ2) is 5.69. The number of hydrogen-bond donors (Lipinski definition) is 2. The highest BCUT2D eigenvalue weighted by Gasteiger charge is 2.37. The highest BCUT2D eigenvalue weighted by atomic mass is 16.5. The Hall–Kier alpha value is -2.15. The highest BCUT2D eigenvalue weighted by molar-refractivity contribution is 5.91. The first-order chi connectivity index (χ1) is 10.2. The molecule has 2 aromatic rings. The van der Waals surface area contributed by atoms with Gasteiger partial charge >= 0.3 is 0 Å². The van der Waals surface area contributed by atoms with Gasteiger partial charge in [0.25, 0.3) is 5.91 Å². The van der Waals surface area contributed by atoms with Crippen molar-refractivity contribution in [3.8, 4) is 0 Å². The topological polar surface area (TPSA) is 93.2 Å². The van der Waals surface area contributed by atoms with Crippen molar-refractivity contribution in [2.75, 3.05) is 0 Å². The molecule has 0 spiro atoms. The first-order valence-corrected chi connectivity index (χ1v) is 7.11. The summed E-state index contributed by atoms with van der Waals surface area (Å²) in [5.74, 6) is -0.150. The summed E-state index contributed by atoms with van der Waals surface area (Å²) >= 11 is 0. The van der Waals surface area contributed by atoms with E-state index in [1.165, 1.54) is 0 Å². The average molecular weight is 290 g/mol. The van der Waals surface area contributed by atoms with Gasteiger partial charge in [-0.15, -0.1) is 0 Å². The second-order valence-corrected chi connectivity index (χ2v) is 5.26. The summed E-state index contributed by atoms with van der Waals surface area (Å²) in [6.07, 6.45) is 6.76. The van der Waals surface area contributed by atoms with Crippen LogP contribution in [0.5, 0.6) is 0 Å². The van der Waals surface area contributed by atoms with Gasteiger partial charge in [-0.05, 0) is 19.3 Å². The Bertz CT molecular complexity index is 608. The van der Waals surface area contributed by atoms with E-state index in [0.29, 0.717) is 12.8 Å². The molecule has 3 atom stereocenters. The molecule has 3 rings (SSSR count). The first kappa shape index (κ1) is 13.8. The molecule has 2 aromatic heterocycles. The molecule has 0 radical (unpaired) electrons. The average Bonchev–Trinajstić information content (AvgIpc) is 3.20. The van der Waals surface area contributed by atoms with Gasteiger partial charge < -0.3 is 19.5 Å². The minimum Gasteiger partial charge on any atom is -0.389 e. The van der Waals surface area contributed by atoms with E-state index < -0.39 is 6.10 Å². The van der Waals surface area contributed by atoms with Crippen LogP contribution in [0.25, 0.3) is 0 Å². The molecule has 1 amide bonds. The fourth-order valence-corrected chi connectivity index (χ4v) is 2.73. The van der Waals surface area contributed by atoms with Gasteiger partial charge in [-0.3, -0.25) is 4.79 Å². The van der Waals surface area contributed by atoms with Crippen LogP contribution in [0.15, 0.2) is 29.3 Å². The predicted molar refractivity (Wildman–Crippen MR) is 73.6 cm³/mol. The van der Waals surface area contributed by atoms with Crippen molar-refractivity contribution in [3.05, 3.63) is 36.2 Å². The summed E-state index contributed by atoms with van der Waals surface area (Å²) in [6.45, 7) is 1.94. The smallest absolute Gasteiger partial charge is 0.290 e. The van der Waals surface area contributed by atoms with Crippen LogP contribution in [0.2, 0.25) is 0 Å². The molecule has 7 heteroatoms. The maximum atomic E-state index is 12.1. The van der Waals surface area contributed by atoms with E-state index in [2.05, 4.69) is 15.5 Å². The number of imidazole rings is 1. The van der Waals surface area contributed by atoms with E-state index in [1.54, 1.807) is 18.6 Å². The normalized spacial score (nSPS) is 25.1. The summed E-state index contributed by atoms with van der Waals surface area (Å²) in [6, 6.07) is 1.28. The number of hydrogen-bond acceptors (Lipinski definition) is 5. The third kappa shape index (κ3) is 2.69. The lowest BCUT2D eigenvalue weighted by Gasteiger charge is -2.20. The Morgan fingerprint density at radius 3 is 3.10 bits per heavy atom. The third-order valence-corrected chi connectivity index (χ3v) is 3.95. The lowest BCUT2D eigenvalue weighted by atomic mass is 10.1. The summed E-state index contributed by atoms with van der Waals surface area (Å²) in [5.41, 5.74) is 0.739. The van der Waals surface area contributed by atoms with Crippen molar-refractivity contribution in [1.29, 1.82) is 0 Å². The fraction of sp³-hybridized carbons (Fsp3) is 0.500. The zero-order valence-electron chi connectivity index (χ0n) is 11.8. The van der Waals surface area contributed by atoms with Crippen LogP contribution in [0.3, 0.4) is 0 Å². The molecule has 1 saturated carbocycles. The SMILES string of the molecule is CCc1cc(C(=O)N[C@@H]2CC[C@@H](n3ccnc3)[C@@H]2O)on1. The third-order valence-electron chi connectivity index (χ3n) is 3.95. The maximum Gasteiger partial charge on any atom is 0.290 e. The molecule has 0 aliphatic heterocycles. The Morgan fingerprint density at radius 1 is 1.57 bits per heavy atom. The Labute approximate surface area is 122 Å². The van der Waals surface area contributed by atoms with E-state index in [9.17, 15) is 9.90 Å². The molecule has 0 bridgehead atoms. The van der Waals surface area contributed by atoms with Crippen LogP contribution in [0.1, 0.15) is 42.1 Å². The highest BCUT2D eigenvalue weighted by Crippen LogP contribution is 2.30. The standard InChI is InChI=1S/C14H18N4O3/c1-2-9-7-12(21-17-9)14(20)16-10-3-4-11(13(10)19)18-6-5-15-8-18/h5-8,10-11,13,19H,2-4H2,1H3,(H,16,20)/t10-,11-,13-/m1/s1. The molecule has 1 fully saturated rings. The number of carbonyl (C=O) groups is 1. The van der Waals surface area contributed by atoms with Gasteiger partial charge in [0.1, 0.15) is 0 Å². The quantitative estimate of drug-likeness (QED) is 0.873. The van der Waals surface area contributed by atoms with Crippen molar-refractivity contribution in [1.82, 2.24) is 20.0 Å². The first-order valence-electron chi connectivity index (χ1n) is 7.11. The Morgan fingerprint density at radius 2 is 2.43 bits per heavy atom. The van der Waals surface area contributed by atoms with Crippen LogP contribution >= 0.6 is 0 Å². The van der Waals surface area contributed by atoms with E-state index in [-0.39, 0.29) is 23.8 Å². The number of aromatic nitrogens is 3. The van der Waals surface area contributed by atoms with Gasteiger partial charge in [0.15, 0.2) is 0 Å². The molecule has 0 aromatic carbocycles. The number of aliphatic hydroxyl groups excluding tert-OH is 1. The van der Waals surface area contributed by atoms with Crippen LogP contribution in [0, 0.1) is 0 Å². The molecule has 1 aliphatic rings. The van der Waals surface area contributed by atoms with Crippen LogP contribution in [-0.4, -0.2) is 37.9 Å². The molecule has 1 aliphatic carbocycles. The molecule has 21 heavy (non-hydrogen) atoms. The van der Waals surface area contributed by atoms with Crippen molar-refractivity contribution in [2.24, 2.45) is 0 Å². The molecule has 0 unspecified atom stereocenters. The largest absolute Gasteiger partial charge is 0.389 e. The molecular weight excluding hydrogens is 272 g/mol. The van der Waals surface area contributed by atoms with E-state index >= 15 is 0 Å². The van der Waals surface area contributed by atoms with E-state index in [0.717, 1.165) is 12.1 Å². The zero-order chi connectivity index (χ0) is 14.8. The predicted octanol–water partition coefficient (Wildman–Crippen LogP) is 0.928. The van der Waals surface area contributed by atoms with Gasteiger partial charge in [-0.1, -0.05) is 12.1 Å². The molecular formula is C14H18N4O3. The van der Waals surface area contributed by atoms with Crippen LogP contribution < -0.4 is 5.32 Å². The number of carbonyl (C=O) groups excluding carboxylic acids is 1. The number of nitrogens with zero attached hydrogens (tertiary/aromatic N) is 3. The number of aryl methyl sites for hydroxylation is 1. The van der Waals surface area contributed by atoms with Gasteiger partial charge in [0.2, 0.25) is 5.76 Å². The van der Waals surface area contributed by atoms with E-state index in [4.69, 9.17) is 4.52 Å². The number of nitrogens with one attached hydrogen (secondary N) is 1.